The van der Waals surface area contributed by atoms with Gasteiger partial charge < -0.3 is 9.88 Å². The molecule has 0 unspecified atom stereocenters. The van der Waals surface area contributed by atoms with Gasteiger partial charge in [-0.2, -0.15) is 0 Å². The van der Waals surface area contributed by atoms with Crippen molar-refractivity contribution < 1.29 is 9.59 Å². The number of imide groups is 1. The molecule has 0 bridgehead atoms. The third-order valence-corrected chi connectivity index (χ3v) is 4.51. The van der Waals surface area contributed by atoms with Crippen LogP contribution in [0.2, 0.25) is 0 Å². The molecule has 0 radical (unpaired) electrons. The number of amides is 3. The van der Waals surface area contributed by atoms with Crippen LogP contribution in [-0.2, 0) is 4.79 Å². The number of nitrogens with zero attached hydrogens (tertiary/aromatic N) is 2. The van der Waals surface area contributed by atoms with Crippen LogP contribution < -0.4 is 15.5 Å². The highest BCUT2D eigenvalue weighted by Crippen LogP contribution is 2.31. The van der Waals surface area contributed by atoms with E-state index in [1.165, 1.54) is 0 Å². The molecule has 0 aliphatic carbocycles. The summed E-state index contributed by atoms with van der Waals surface area (Å²) in [5.74, 6) is -0.206. The quantitative estimate of drug-likeness (QED) is 0.885. The van der Waals surface area contributed by atoms with Crippen LogP contribution in [0, 0.1) is 0 Å². The molecule has 3 amide bonds. The Hall–Kier alpha value is -2.34. The van der Waals surface area contributed by atoms with E-state index in [0.29, 0.717) is 19.0 Å². The second-order valence-electron chi connectivity index (χ2n) is 5.83. The molecule has 4 rings (SSSR count). The average Bonchev–Trinajstić information content (AvgIpc) is 3.16. The summed E-state index contributed by atoms with van der Waals surface area (Å²) in [7, 11) is 0. The Morgan fingerprint density at radius 1 is 1.18 bits per heavy atom. The highest BCUT2D eigenvalue weighted by Gasteiger charge is 2.26. The van der Waals surface area contributed by atoms with Crippen molar-refractivity contribution in [1.29, 1.82) is 0 Å². The summed E-state index contributed by atoms with van der Waals surface area (Å²) in [6.07, 6.45) is 3.56. The van der Waals surface area contributed by atoms with Gasteiger partial charge in [-0.1, -0.05) is 6.07 Å². The molecular formula is C16H18N4O2. The molecule has 22 heavy (non-hydrogen) atoms. The lowest BCUT2D eigenvalue weighted by molar-refractivity contribution is -0.120. The van der Waals surface area contributed by atoms with Crippen molar-refractivity contribution >= 4 is 28.5 Å². The van der Waals surface area contributed by atoms with E-state index in [2.05, 4.69) is 33.5 Å². The Labute approximate surface area is 128 Å². The van der Waals surface area contributed by atoms with Gasteiger partial charge in [0.05, 0.1) is 11.2 Å². The van der Waals surface area contributed by atoms with Gasteiger partial charge in [0.2, 0.25) is 5.91 Å². The summed E-state index contributed by atoms with van der Waals surface area (Å²) in [5.41, 5.74) is 2.00. The summed E-state index contributed by atoms with van der Waals surface area (Å²) in [5, 5.41) is 6.82. The minimum absolute atomic E-state index is 0.206. The van der Waals surface area contributed by atoms with Gasteiger partial charge in [0, 0.05) is 37.1 Å². The molecule has 0 spiro atoms. The summed E-state index contributed by atoms with van der Waals surface area (Å²) >= 11 is 0. The first-order valence-electron chi connectivity index (χ1n) is 7.65. The lowest BCUT2D eigenvalue weighted by Gasteiger charge is -2.27. The molecule has 2 N–H and O–H groups in total. The third-order valence-electron chi connectivity index (χ3n) is 4.51. The first-order valence-corrected chi connectivity index (χ1v) is 7.65. The fourth-order valence-corrected chi connectivity index (χ4v) is 3.40. The second-order valence-corrected chi connectivity index (χ2v) is 5.83. The molecule has 2 saturated heterocycles. The minimum atomic E-state index is -0.334. The van der Waals surface area contributed by atoms with E-state index in [4.69, 9.17) is 0 Å². The molecule has 1 aromatic carbocycles. The second kappa shape index (κ2) is 5.14. The molecule has 3 heterocycles. The Kier molecular flexibility index (Phi) is 3.11. The van der Waals surface area contributed by atoms with Crippen molar-refractivity contribution in [2.45, 2.75) is 18.9 Å². The number of nitrogens with one attached hydrogen (secondary N) is 2. The van der Waals surface area contributed by atoms with E-state index < -0.39 is 0 Å². The first-order chi connectivity index (χ1) is 10.7. The highest BCUT2D eigenvalue weighted by molar-refractivity contribution is 6.09. The zero-order valence-corrected chi connectivity index (χ0v) is 12.2. The van der Waals surface area contributed by atoms with Gasteiger partial charge in [0.25, 0.3) is 0 Å². The fourth-order valence-electron chi connectivity index (χ4n) is 3.40. The van der Waals surface area contributed by atoms with Crippen LogP contribution in [0.5, 0.6) is 0 Å². The molecule has 114 valence electrons. The van der Waals surface area contributed by atoms with Gasteiger partial charge in [-0.3, -0.25) is 15.0 Å². The minimum Gasteiger partial charge on any atom is -0.343 e. The summed E-state index contributed by atoms with van der Waals surface area (Å²) in [4.78, 5) is 25.1. The van der Waals surface area contributed by atoms with Gasteiger partial charge in [0.15, 0.2) is 0 Å². The molecule has 2 aliphatic heterocycles. The van der Waals surface area contributed by atoms with Crippen LogP contribution in [0.1, 0.15) is 18.9 Å². The van der Waals surface area contributed by atoms with Gasteiger partial charge in [-0.25, -0.2) is 4.79 Å². The van der Waals surface area contributed by atoms with E-state index in [1.54, 1.807) is 4.90 Å². The van der Waals surface area contributed by atoms with Crippen molar-refractivity contribution in [1.82, 2.24) is 15.2 Å². The van der Waals surface area contributed by atoms with Crippen LogP contribution in [0.3, 0.4) is 0 Å². The maximum absolute atomic E-state index is 12.1. The molecular weight excluding hydrogens is 280 g/mol. The maximum Gasteiger partial charge on any atom is 0.328 e. The van der Waals surface area contributed by atoms with Crippen molar-refractivity contribution in [2.24, 2.45) is 0 Å². The summed E-state index contributed by atoms with van der Waals surface area (Å²) in [6, 6.07) is 8.19. The summed E-state index contributed by atoms with van der Waals surface area (Å²) in [6.45, 7) is 2.45. The standard InChI is InChI=1S/C16H18N4O2/c21-15-6-9-20(16(22)18-15)14-3-1-2-13-12(14)5-8-19(13)11-4-7-17-10-11/h1-3,5,8,11,17H,4,6-7,9-10H2,(H,18,21,22)/t11-/m0/s1. The SMILES string of the molecule is O=C1CCN(c2cccc3c2ccn3[C@H]2CCNC2)C(=O)N1. The van der Waals surface area contributed by atoms with Crippen LogP contribution in [0.25, 0.3) is 10.9 Å². The predicted molar refractivity (Wildman–Crippen MR) is 84.0 cm³/mol. The summed E-state index contributed by atoms with van der Waals surface area (Å²) < 4.78 is 2.28. The van der Waals surface area contributed by atoms with Gasteiger partial charge in [-0.15, -0.1) is 0 Å². The van der Waals surface area contributed by atoms with E-state index in [0.717, 1.165) is 36.1 Å². The Morgan fingerprint density at radius 2 is 2.09 bits per heavy atom. The average molecular weight is 298 g/mol. The smallest absolute Gasteiger partial charge is 0.328 e. The number of carbonyl (C=O) groups is 2. The first kappa shape index (κ1) is 13.3. The van der Waals surface area contributed by atoms with Crippen LogP contribution in [0.4, 0.5) is 10.5 Å². The molecule has 1 aromatic heterocycles. The number of benzene rings is 1. The highest BCUT2D eigenvalue weighted by atomic mass is 16.2. The van der Waals surface area contributed by atoms with Gasteiger partial charge >= 0.3 is 6.03 Å². The maximum atomic E-state index is 12.1. The van der Waals surface area contributed by atoms with Gasteiger partial charge in [0.1, 0.15) is 0 Å². The number of aromatic nitrogens is 1. The van der Waals surface area contributed by atoms with E-state index in [9.17, 15) is 9.59 Å². The van der Waals surface area contributed by atoms with Crippen molar-refractivity contribution in [3.8, 4) is 0 Å². The molecule has 2 aliphatic rings. The van der Waals surface area contributed by atoms with Crippen molar-refractivity contribution in [3.05, 3.63) is 30.5 Å². The van der Waals surface area contributed by atoms with Gasteiger partial charge in [-0.05, 0) is 31.2 Å². The van der Waals surface area contributed by atoms with Crippen LogP contribution >= 0.6 is 0 Å². The number of carbonyl (C=O) groups excluding carboxylic acids is 2. The fraction of sp³-hybridized carbons (Fsp3) is 0.375. The Balaban J connectivity index is 1.76. The lowest BCUT2D eigenvalue weighted by atomic mass is 10.1. The van der Waals surface area contributed by atoms with Crippen LogP contribution in [-0.4, -0.2) is 36.1 Å². The number of hydrogen-bond acceptors (Lipinski definition) is 3. The number of urea groups is 1. The third kappa shape index (κ3) is 2.07. The molecule has 1 atom stereocenters. The van der Waals surface area contributed by atoms with E-state index >= 15 is 0 Å². The predicted octanol–water partition coefficient (Wildman–Crippen LogP) is 1.62. The van der Waals surface area contributed by atoms with Crippen molar-refractivity contribution in [2.75, 3.05) is 24.5 Å². The molecule has 6 heteroatoms. The number of fused-ring (bicyclic) bond motifs is 1. The largest absolute Gasteiger partial charge is 0.343 e. The Morgan fingerprint density at radius 3 is 2.86 bits per heavy atom. The monoisotopic (exact) mass is 298 g/mol. The molecule has 0 saturated carbocycles. The Bertz CT molecular complexity index is 746. The number of hydrogen-bond donors (Lipinski definition) is 2. The topological polar surface area (TPSA) is 66.4 Å². The molecule has 2 aromatic rings. The van der Waals surface area contributed by atoms with E-state index in [1.807, 2.05) is 12.1 Å². The number of anilines is 1. The lowest BCUT2D eigenvalue weighted by Crippen LogP contribution is -2.49. The zero-order valence-electron chi connectivity index (χ0n) is 12.2. The van der Waals surface area contributed by atoms with E-state index in [-0.39, 0.29) is 11.9 Å². The van der Waals surface area contributed by atoms with Crippen molar-refractivity contribution in [3.63, 3.8) is 0 Å². The molecule has 2 fully saturated rings. The normalized spacial score (nSPS) is 22.4. The molecule has 6 nitrogen and oxygen atoms in total. The number of rotatable bonds is 2. The zero-order chi connectivity index (χ0) is 15.1. The van der Waals surface area contributed by atoms with Crippen LogP contribution in [0.15, 0.2) is 30.5 Å².